The summed E-state index contributed by atoms with van der Waals surface area (Å²) in [7, 11) is 0. The Labute approximate surface area is 238 Å². The van der Waals surface area contributed by atoms with Crippen LogP contribution in [0.2, 0.25) is 0 Å². The molecule has 13 nitrogen and oxygen atoms in total. The van der Waals surface area contributed by atoms with Gasteiger partial charge in [-0.1, -0.05) is 32.4 Å². The van der Waals surface area contributed by atoms with Crippen molar-refractivity contribution in [2.45, 2.75) is 89.6 Å². The van der Waals surface area contributed by atoms with E-state index in [0.29, 0.717) is 24.8 Å². The number of hydrogen-bond acceptors (Lipinski definition) is 9. The van der Waals surface area contributed by atoms with E-state index < -0.39 is 78.6 Å². The van der Waals surface area contributed by atoms with Crippen LogP contribution in [0.1, 0.15) is 58.4 Å². The first-order valence-corrected chi connectivity index (χ1v) is 13.7. The zero-order chi connectivity index (χ0) is 30.7. The molecule has 4 amide bonds. The summed E-state index contributed by atoms with van der Waals surface area (Å²) < 4.78 is 0. The molecule has 0 aromatic heterocycles. The average molecular weight is 577 g/mol. The summed E-state index contributed by atoms with van der Waals surface area (Å²) in [6.45, 7) is 5.00. The monoisotopic (exact) mass is 576 g/mol. The predicted molar refractivity (Wildman–Crippen MR) is 146 cm³/mol. The number of aliphatic hydroxyl groups excluding tert-OH is 1. The van der Waals surface area contributed by atoms with Crippen LogP contribution in [0.15, 0.2) is 24.3 Å². The highest BCUT2D eigenvalue weighted by atomic mass is 16.4. The number of benzene rings is 1. The van der Waals surface area contributed by atoms with Gasteiger partial charge < -0.3 is 36.1 Å². The Morgan fingerprint density at radius 2 is 1.71 bits per heavy atom. The first-order chi connectivity index (χ1) is 19.3. The van der Waals surface area contributed by atoms with Gasteiger partial charge in [0.2, 0.25) is 17.7 Å². The molecule has 1 fully saturated rings. The molecule has 1 aromatic carbocycles. The van der Waals surface area contributed by atoms with Crippen LogP contribution in [0.3, 0.4) is 0 Å². The summed E-state index contributed by atoms with van der Waals surface area (Å²) in [5.41, 5.74) is 0.564. The van der Waals surface area contributed by atoms with Crippen molar-refractivity contribution >= 4 is 35.9 Å². The van der Waals surface area contributed by atoms with Crippen LogP contribution in [0.4, 0.5) is 0 Å². The third kappa shape index (κ3) is 9.94. The molecule has 0 radical (unpaired) electrons. The largest absolute Gasteiger partial charge is 0.508 e. The van der Waals surface area contributed by atoms with Crippen LogP contribution in [-0.4, -0.2) is 92.9 Å². The molecule has 41 heavy (non-hydrogen) atoms. The number of phenols is 1. The Kier molecular flexibility index (Phi) is 12.9. The second-order valence-electron chi connectivity index (χ2n) is 10.5. The summed E-state index contributed by atoms with van der Waals surface area (Å²) in [6, 6.07) is 1.31. The molecule has 1 aromatic rings. The number of carbonyl (C=O) groups excluding carboxylic acids is 5. The van der Waals surface area contributed by atoms with E-state index in [9.17, 15) is 44.1 Å². The normalized spacial score (nSPS) is 17.9. The Hall–Kier alpha value is -3.84. The van der Waals surface area contributed by atoms with Crippen molar-refractivity contribution in [2.75, 3.05) is 6.54 Å². The number of aliphatic carboxylic acids is 1. The zero-order valence-corrected chi connectivity index (χ0v) is 23.5. The lowest BCUT2D eigenvalue weighted by molar-refractivity contribution is -0.154. The second-order valence-corrected chi connectivity index (χ2v) is 10.5. The Balaban J connectivity index is 2.41. The number of aliphatic hydroxyl groups is 1. The SMILES string of the molecule is CC(O)C(=O)N[C@@H](Cc1ccc(O)cc1)C(=O)N[C@H](C(=O)N(C(=O)C1CCCCN1)[C@H](CC=O)CC(=O)O)C(C)C. The van der Waals surface area contributed by atoms with Crippen molar-refractivity contribution in [2.24, 2.45) is 5.92 Å². The Morgan fingerprint density at radius 3 is 2.22 bits per heavy atom. The maximum absolute atomic E-state index is 13.9. The third-order valence-corrected chi connectivity index (χ3v) is 6.85. The van der Waals surface area contributed by atoms with Crippen molar-refractivity contribution in [3.63, 3.8) is 0 Å². The number of phenolic OH excluding ortho intramolecular Hbond substituents is 1. The van der Waals surface area contributed by atoms with E-state index in [0.717, 1.165) is 17.7 Å². The molecule has 1 heterocycles. The molecule has 1 aliphatic rings. The number of aldehydes is 1. The molecule has 0 aliphatic carbocycles. The highest BCUT2D eigenvalue weighted by molar-refractivity contribution is 6.02. The van der Waals surface area contributed by atoms with Gasteiger partial charge in [0.15, 0.2) is 0 Å². The fourth-order valence-corrected chi connectivity index (χ4v) is 4.58. The van der Waals surface area contributed by atoms with Gasteiger partial charge in [0, 0.05) is 12.8 Å². The van der Waals surface area contributed by atoms with Crippen LogP contribution in [-0.2, 0) is 35.2 Å². The third-order valence-electron chi connectivity index (χ3n) is 6.85. The van der Waals surface area contributed by atoms with Gasteiger partial charge in [-0.15, -0.1) is 0 Å². The number of hydrogen-bond donors (Lipinski definition) is 6. The van der Waals surface area contributed by atoms with Crippen molar-refractivity contribution in [1.29, 1.82) is 0 Å². The predicted octanol–water partition coefficient (Wildman–Crippen LogP) is -0.129. The van der Waals surface area contributed by atoms with Gasteiger partial charge >= 0.3 is 5.97 Å². The summed E-state index contributed by atoms with van der Waals surface area (Å²) in [4.78, 5) is 77.2. The maximum Gasteiger partial charge on any atom is 0.305 e. The molecule has 226 valence electrons. The fourth-order valence-electron chi connectivity index (χ4n) is 4.58. The molecule has 2 unspecified atom stereocenters. The molecular weight excluding hydrogens is 536 g/mol. The van der Waals surface area contributed by atoms with Crippen LogP contribution in [0, 0.1) is 5.92 Å². The van der Waals surface area contributed by atoms with Crippen LogP contribution >= 0.6 is 0 Å². The van der Waals surface area contributed by atoms with E-state index in [1.54, 1.807) is 26.0 Å². The number of rotatable bonds is 14. The van der Waals surface area contributed by atoms with Gasteiger partial charge in [0.25, 0.3) is 5.91 Å². The van der Waals surface area contributed by atoms with Crippen LogP contribution < -0.4 is 16.0 Å². The zero-order valence-electron chi connectivity index (χ0n) is 23.5. The molecule has 0 bridgehead atoms. The van der Waals surface area contributed by atoms with E-state index in [-0.39, 0.29) is 12.2 Å². The molecule has 1 aliphatic heterocycles. The number of imide groups is 1. The lowest BCUT2D eigenvalue weighted by atomic mass is 9.96. The highest BCUT2D eigenvalue weighted by Crippen LogP contribution is 2.19. The molecule has 6 N–H and O–H groups in total. The van der Waals surface area contributed by atoms with Crippen molar-refractivity contribution < 1.29 is 44.1 Å². The van der Waals surface area contributed by atoms with Gasteiger partial charge in [-0.25, -0.2) is 0 Å². The number of carboxylic acids is 1. The van der Waals surface area contributed by atoms with Crippen molar-refractivity contribution in [1.82, 2.24) is 20.9 Å². The highest BCUT2D eigenvalue weighted by Gasteiger charge is 2.41. The minimum absolute atomic E-state index is 0.00307. The summed E-state index contributed by atoms with van der Waals surface area (Å²) in [5, 5.41) is 36.8. The van der Waals surface area contributed by atoms with Gasteiger partial charge in [-0.3, -0.25) is 28.9 Å². The minimum Gasteiger partial charge on any atom is -0.508 e. The van der Waals surface area contributed by atoms with E-state index in [4.69, 9.17) is 0 Å². The number of carboxylic acid groups (broad SMARTS) is 1. The van der Waals surface area contributed by atoms with Crippen molar-refractivity contribution in [3.8, 4) is 5.75 Å². The lowest BCUT2D eigenvalue weighted by Crippen LogP contribution is -2.62. The molecule has 1 saturated heterocycles. The topological polar surface area (TPSA) is 202 Å². The molecule has 13 heteroatoms. The van der Waals surface area contributed by atoms with Crippen molar-refractivity contribution in [3.05, 3.63) is 29.8 Å². The smallest absolute Gasteiger partial charge is 0.305 e. The number of amides is 4. The molecular formula is C28H40N4O9. The summed E-state index contributed by atoms with van der Waals surface area (Å²) in [5.74, 6) is -5.05. The molecule has 2 rings (SSSR count). The number of piperidine rings is 1. The Bertz CT molecular complexity index is 1080. The summed E-state index contributed by atoms with van der Waals surface area (Å²) >= 11 is 0. The summed E-state index contributed by atoms with van der Waals surface area (Å²) in [6.07, 6.45) is -0.127. The molecule has 5 atom stereocenters. The quantitative estimate of drug-likeness (QED) is 0.162. The lowest BCUT2D eigenvalue weighted by Gasteiger charge is -2.36. The van der Waals surface area contributed by atoms with Gasteiger partial charge in [-0.05, 0) is 49.9 Å². The molecule has 0 saturated carbocycles. The van der Waals surface area contributed by atoms with Gasteiger partial charge in [0.05, 0.1) is 18.5 Å². The Morgan fingerprint density at radius 1 is 1.05 bits per heavy atom. The standard InChI is InChI=1S/C28H40N4O9/c1-16(2)24(31-26(39)22(30-25(38)17(3)34)14-18-7-9-20(35)10-8-18)28(41)32(19(11-13-33)15-23(36)37)27(40)21-6-4-5-12-29-21/h7-10,13,16-17,19,21-22,24,29,34-35H,4-6,11-12,14-15H2,1-3H3,(H,30,38)(H,31,39)(H,36,37)/t17?,19-,21?,22+,24+/m1/s1. The van der Waals surface area contributed by atoms with Gasteiger partial charge in [0.1, 0.15) is 30.2 Å². The van der Waals surface area contributed by atoms with Crippen LogP contribution in [0.5, 0.6) is 5.75 Å². The van der Waals surface area contributed by atoms with Gasteiger partial charge in [-0.2, -0.15) is 0 Å². The van der Waals surface area contributed by atoms with E-state index >= 15 is 0 Å². The number of carbonyl (C=O) groups is 6. The first kappa shape index (κ1) is 33.4. The maximum atomic E-state index is 13.9. The number of nitrogens with one attached hydrogen (secondary N) is 3. The first-order valence-electron chi connectivity index (χ1n) is 13.7. The second kappa shape index (κ2) is 15.8. The van der Waals surface area contributed by atoms with Crippen LogP contribution in [0.25, 0.3) is 0 Å². The number of aromatic hydroxyl groups is 1. The minimum atomic E-state index is -1.43. The van der Waals surface area contributed by atoms with E-state index in [1.165, 1.54) is 19.1 Å². The van der Waals surface area contributed by atoms with E-state index in [1.807, 2.05) is 0 Å². The fraction of sp³-hybridized carbons (Fsp3) is 0.571. The number of nitrogens with zero attached hydrogens (tertiary/aromatic N) is 1. The molecule has 0 spiro atoms. The average Bonchev–Trinajstić information content (AvgIpc) is 2.92. The van der Waals surface area contributed by atoms with E-state index in [2.05, 4.69) is 16.0 Å².